The molecule has 2 aliphatic carbocycles. The van der Waals surface area contributed by atoms with Gasteiger partial charge in [0.1, 0.15) is 0 Å². The third-order valence-corrected chi connectivity index (χ3v) is 8.87. The normalized spacial score (nSPS) is 31.3. The Morgan fingerprint density at radius 2 is 1.76 bits per heavy atom. The van der Waals surface area contributed by atoms with Crippen molar-refractivity contribution < 1.29 is 9.31 Å². The zero-order valence-electron chi connectivity index (χ0n) is 18.0. The van der Waals surface area contributed by atoms with Gasteiger partial charge in [-0.2, -0.15) is 0 Å². The molecule has 0 N–H and O–H groups in total. The molecule has 0 saturated carbocycles. The molecule has 1 aromatic rings. The van der Waals surface area contributed by atoms with E-state index in [1.807, 2.05) is 11.8 Å². The van der Waals surface area contributed by atoms with E-state index in [0.717, 1.165) is 12.8 Å². The molecule has 1 fully saturated rings. The van der Waals surface area contributed by atoms with Crippen LogP contribution in [0.15, 0.2) is 69.9 Å². The molecule has 150 valence electrons. The number of thioether (sulfide) groups is 1. The maximum atomic E-state index is 6.44. The molecule has 4 heteroatoms. The summed E-state index contributed by atoms with van der Waals surface area (Å²) in [5, 5.41) is 0. The topological polar surface area (TPSA) is 18.5 Å². The fourth-order valence-electron chi connectivity index (χ4n) is 4.78. The summed E-state index contributed by atoms with van der Waals surface area (Å²) < 4.78 is 12.9. The molecule has 0 aromatic heterocycles. The van der Waals surface area contributed by atoms with E-state index < -0.39 is 0 Å². The summed E-state index contributed by atoms with van der Waals surface area (Å²) in [6.07, 6.45) is 15.6. The van der Waals surface area contributed by atoms with Crippen molar-refractivity contribution >= 4 is 18.9 Å². The van der Waals surface area contributed by atoms with E-state index in [0.29, 0.717) is 5.92 Å². The van der Waals surface area contributed by atoms with Crippen LogP contribution in [0.3, 0.4) is 0 Å². The Labute approximate surface area is 179 Å². The molecule has 4 aliphatic rings. The highest BCUT2D eigenvalue weighted by Gasteiger charge is 2.55. The molecule has 0 amide bonds. The highest BCUT2D eigenvalue weighted by atomic mass is 32.2. The highest BCUT2D eigenvalue weighted by Crippen LogP contribution is 2.60. The van der Waals surface area contributed by atoms with E-state index in [4.69, 9.17) is 9.31 Å². The van der Waals surface area contributed by atoms with E-state index in [9.17, 15) is 0 Å². The molecule has 0 bridgehead atoms. The number of benzene rings is 1. The van der Waals surface area contributed by atoms with Gasteiger partial charge >= 0.3 is 7.12 Å². The van der Waals surface area contributed by atoms with Crippen LogP contribution in [0.2, 0.25) is 0 Å². The third kappa shape index (κ3) is 2.87. The first-order valence-corrected chi connectivity index (χ1v) is 11.5. The quantitative estimate of drug-likeness (QED) is 0.525. The van der Waals surface area contributed by atoms with Gasteiger partial charge in [-0.15, -0.1) is 0 Å². The summed E-state index contributed by atoms with van der Waals surface area (Å²) in [5.41, 5.74) is 3.45. The third-order valence-electron chi connectivity index (χ3n) is 7.32. The van der Waals surface area contributed by atoms with Gasteiger partial charge in [0.2, 0.25) is 0 Å². The standard InChI is InChI=1S/C25H29BO2S/c1-23(2)24(3,4)28-26(27-23)20-15-10-16-25(5)19-14-9-13-18(21(19)29-22(20)25)17-11-7-6-8-12-17/h6-11,13-15,17H,12,16H2,1-5H3. The van der Waals surface area contributed by atoms with Crippen LogP contribution in [0.25, 0.3) is 0 Å². The summed E-state index contributed by atoms with van der Waals surface area (Å²) in [7, 11) is -0.311. The molecular weight excluding hydrogens is 375 g/mol. The largest absolute Gasteiger partial charge is 0.495 e. The molecule has 1 saturated heterocycles. The fourth-order valence-corrected chi connectivity index (χ4v) is 6.42. The van der Waals surface area contributed by atoms with Crippen molar-refractivity contribution in [2.75, 3.05) is 0 Å². The Morgan fingerprint density at radius 3 is 2.45 bits per heavy atom. The van der Waals surface area contributed by atoms with Crippen LogP contribution in [-0.2, 0) is 14.7 Å². The summed E-state index contributed by atoms with van der Waals surface area (Å²) in [5.74, 6) is 0.458. The van der Waals surface area contributed by atoms with Crippen molar-refractivity contribution in [2.24, 2.45) is 0 Å². The van der Waals surface area contributed by atoms with Gasteiger partial charge in [0.05, 0.1) is 11.2 Å². The Hall–Kier alpha value is -1.49. The lowest BCUT2D eigenvalue weighted by Gasteiger charge is -2.32. The summed E-state index contributed by atoms with van der Waals surface area (Å²) in [6.45, 7) is 10.9. The van der Waals surface area contributed by atoms with Crippen molar-refractivity contribution in [3.8, 4) is 0 Å². The van der Waals surface area contributed by atoms with Crippen molar-refractivity contribution in [1.29, 1.82) is 0 Å². The summed E-state index contributed by atoms with van der Waals surface area (Å²) in [6, 6.07) is 6.87. The first-order valence-electron chi connectivity index (χ1n) is 10.6. The number of allylic oxidation sites excluding steroid dienone is 8. The van der Waals surface area contributed by atoms with E-state index in [2.05, 4.69) is 89.3 Å². The van der Waals surface area contributed by atoms with Crippen molar-refractivity contribution in [1.82, 2.24) is 0 Å². The van der Waals surface area contributed by atoms with Crippen LogP contribution in [0.5, 0.6) is 0 Å². The second kappa shape index (κ2) is 6.50. The summed E-state index contributed by atoms with van der Waals surface area (Å²) in [4.78, 5) is 2.84. The van der Waals surface area contributed by atoms with Crippen LogP contribution >= 0.6 is 11.8 Å². The van der Waals surface area contributed by atoms with Crippen LogP contribution < -0.4 is 0 Å². The van der Waals surface area contributed by atoms with Crippen molar-refractivity contribution in [2.45, 2.75) is 74.9 Å². The van der Waals surface area contributed by atoms with E-state index in [-0.39, 0.29) is 23.7 Å². The SMILES string of the molecule is CC12CC=CC(B3OC(C)(C)C(C)(C)O3)=C1Sc1c(C3C=CC=CC3)cccc12. The second-order valence-corrected chi connectivity index (χ2v) is 10.8. The van der Waals surface area contributed by atoms with E-state index in [1.54, 1.807) is 0 Å². The van der Waals surface area contributed by atoms with Crippen LogP contribution in [0.1, 0.15) is 64.5 Å². The molecule has 29 heavy (non-hydrogen) atoms. The van der Waals surface area contributed by atoms with Gasteiger partial charge in [0.25, 0.3) is 0 Å². The minimum absolute atomic E-state index is 0.00207. The van der Waals surface area contributed by atoms with Gasteiger partial charge < -0.3 is 9.31 Å². The van der Waals surface area contributed by atoms with Gasteiger partial charge in [0.15, 0.2) is 0 Å². The van der Waals surface area contributed by atoms with Crippen LogP contribution in [-0.4, -0.2) is 18.3 Å². The lowest BCUT2D eigenvalue weighted by atomic mass is 9.67. The number of hydrogen-bond donors (Lipinski definition) is 0. The first kappa shape index (κ1) is 19.5. The summed E-state index contributed by atoms with van der Waals surface area (Å²) >= 11 is 1.94. The molecule has 2 heterocycles. The van der Waals surface area contributed by atoms with Crippen LogP contribution in [0, 0.1) is 0 Å². The fraction of sp³-hybridized carbons (Fsp3) is 0.440. The van der Waals surface area contributed by atoms with Gasteiger partial charge in [-0.1, -0.05) is 73.3 Å². The molecule has 1 aromatic carbocycles. The molecule has 2 atom stereocenters. The van der Waals surface area contributed by atoms with Gasteiger partial charge in [-0.3, -0.25) is 0 Å². The molecule has 2 aliphatic heterocycles. The Morgan fingerprint density at radius 1 is 1.00 bits per heavy atom. The average molecular weight is 404 g/mol. The van der Waals surface area contributed by atoms with Crippen molar-refractivity contribution in [3.63, 3.8) is 0 Å². The Kier molecular flexibility index (Phi) is 4.37. The van der Waals surface area contributed by atoms with E-state index in [1.165, 1.54) is 26.4 Å². The molecule has 5 rings (SSSR count). The lowest BCUT2D eigenvalue weighted by molar-refractivity contribution is 0.00578. The zero-order chi connectivity index (χ0) is 20.4. The molecule has 2 nitrogen and oxygen atoms in total. The maximum Gasteiger partial charge on any atom is 0.495 e. The van der Waals surface area contributed by atoms with Gasteiger partial charge in [0, 0.05) is 21.1 Å². The Bertz CT molecular complexity index is 969. The molecule has 2 unspecified atom stereocenters. The van der Waals surface area contributed by atoms with E-state index >= 15 is 0 Å². The predicted octanol–water partition coefficient (Wildman–Crippen LogP) is 6.50. The molecule has 0 radical (unpaired) electrons. The number of fused-ring (bicyclic) bond motifs is 3. The zero-order valence-corrected chi connectivity index (χ0v) is 18.8. The van der Waals surface area contributed by atoms with Gasteiger partial charge in [-0.25, -0.2) is 0 Å². The smallest absolute Gasteiger partial charge is 0.399 e. The minimum Gasteiger partial charge on any atom is -0.399 e. The monoisotopic (exact) mass is 404 g/mol. The average Bonchev–Trinajstić information content (AvgIpc) is 3.11. The van der Waals surface area contributed by atoms with Crippen molar-refractivity contribution in [3.05, 3.63) is 76.2 Å². The first-order chi connectivity index (χ1) is 13.7. The second-order valence-electron chi connectivity index (χ2n) is 9.79. The Balaban J connectivity index is 1.59. The highest BCUT2D eigenvalue weighted by molar-refractivity contribution is 8.03. The predicted molar refractivity (Wildman–Crippen MR) is 122 cm³/mol. The maximum absolute atomic E-state index is 6.44. The lowest BCUT2D eigenvalue weighted by Crippen LogP contribution is -2.41. The number of hydrogen-bond acceptors (Lipinski definition) is 3. The minimum atomic E-state index is -0.326. The molecule has 0 spiro atoms. The number of rotatable bonds is 2. The molecular formula is C25H29BO2S. The van der Waals surface area contributed by atoms with Crippen LogP contribution in [0.4, 0.5) is 0 Å². The van der Waals surface area contributed by atoms with Gasteiger partial charge in [-0.05, 0) is 57.1 Å².